The van der Waals surface area contributed by atoms with Gasteiger partial charge in [-0.05, 0) is 6.92 Å². The summed E-state index contributed by atoms with van der Waals surface area (Å²) in [5, 5.41) is 4.85. The van der Waals surface area contributed by atoms with Gasteiger partial charge in [-0.15, -0.1) is 0 Å². The van der Waals surface area contributed by atoms with E-state index in [2.05, 4.69) is 17.2 Å². The molecule has 90 valence electrons. The zero-order valence-corrected chi connectivity index (χ0v) is 10.8. The first kappa shape index (κ1) is 11.5. The summed E-state index contributed by atoms with van der Waals surface area (Å²) in [5.74, 6) is 0.571. The second-order valence-corrected chi connectivity index (χ2v) is 5.28. The van der Waals surface area contributed by atoms with Crippen LogP contribution in [-0.2, 0) is 0 Å². The predicted octanol–water partition coefficient (Wildman–Crippen LogP) is 0.958. The van der Waals surface area contributed by atoms with Crippen molar-refractivity contribution in [2.45, 2.75) is 12.5 Å². The molecule has 6 heteroatoms. The third-order valence-corrected chi connectivity index (χ3v) is 3.55. The van der Waals surface area contributed by atoms with Crippen LogP contribution in [0, 0.1) is 0 Å². The van der Waals surface area contributed by atoms with Crippen LogP contribution in [-0.4, -0.2) is 44.9 Å². The molecule has 1 saturated heterocycles. The van der Waals surface area contributed by atoms with E-state index in [9.17, 15) is 0 Å². The fourth-order valence-corrected chi connectivity index (χ4v) is 2.38. The number of nitrogens with zero attached hydrogens (tertiary/aromatic N) is 2. The summed E-state index contributed by atoms with van der Waals surface area (Å²) >= 11 is 1.51. The first-order chi connectivity index (χ1) is 7.54. The first-order valence-corrected chi connectivity index (χ1v) is 5.97. The zero-order chi connectivity index (χ0) is 11.8. The van der Waals surface area contributed by atoms with Crippen molar-refractivity contribution in [2.75, 3.05) is 39.2 Å². The van der Waals surface area contributed by atoms with E-state index in [0.29, 0.717) is 5.88 Å². The van der Waals surface area contributed by atoms with Crippen LogP contribution in [0.5, 0.6) is 10.9 Å². The van der Waals surface area contributed by atoms with Crippen LogP contribution in [0.3, 0.4) is 0 Å². The molecule has 0 aromatic carbocycles. The highest BCUT2D eigenvalue weighted by Gasteiger charge is 2.35. The molecule has 2 heterocycles. The quantitative estimate of drug-likeness (QED) is 0.853. The van der Waals surface area contributed by atoms with Crippen LogP contribution < -0.4 is 19.7 Å². The molecular formula is C10H17N3O2S. The summed E-state index contributed by atoms with van der Waals surface area (Å²) in [5.41, 5.74) is -0.122. The van der Waals surface area contributed by atoms with Gasteiger partial charge >= 0.3 is 0 Å². The zero-order valence-electron chi connectivity index (χ0n) is 10.0. The normalized spacial score (nSPS) is 17.8. The third kappa shape index (κ3) is 2.08. The van der Waals surface area contributed by atoms with Gasteiger partial charge in [0, 0.05) is 27.2 Å². The second kappa shape index (κ2) is 4.10. The van der Waals surface area contributed by atoms with Gasteiger partial charge in [-0.1, -0.05) is 11.3 Å². The number of hydrogen-bond acceptors (Lipinski definition) is 6. The van der Waals surface area contributed by atoms with Gasteiger partial charge in [-0.2, -0.15) is 4.98 Å². The van der Waals surface area contributed by atoms with Crippen LogP contribution in [0.25, 0.3) is 0 Å². The van der Waals surface area contributed by atoms with Crippen molar-refractivity contribution in [3.8, 4) is 10.9 Å². The number of thiazole rings is 1. The fraction of sp³-hybridized carbons (Fsp3) is 0.700. The molecule has 16 heavy (non-hydrogen) atoms. The molecule has 0 amide bonds. The van der Waals surface area contributed by atoms with E-state index in [4.69, 9.17) is 9.47 Å². The Morgan fingerprint density at radius 1 is 1.44 bits per heavy atom. The number of nitrogens with one attached hydrogen (secondary N) is 1. The SMILES string of the molecule is COc1nc(N(C)C)sc1OC1(C)CNC1. The summed E-state index contributed by atoms with van der Waals surface area (Å²) in [7, 11) is 5.52. The van der Waals surface area contributed by atoms with Gasteiger partial charge in [0.15, 0.2) is 5.13 Å². The molecule has 1 aliphatic heterocycles. The van der Waals surface area contributed by atoms with Crippen molar-refractivity contribution >= 4 is 16.5 Å². The van der Waals surface area contributed by atoms with Crippen LogP contribution in [0.1, 0.15) is 6.92 Å². The third-order valence-electron chi connectivity index (χ3n) is 2.47. The molecule has 1 N–H and O–H groups in total. The number of methoxy groups -OCH3 is 1. The van der Waals surface area contributed by atoms with Crippen molar-refractivity contribution < 1.29 is 9.47 Å². The molecule has 0 spiro atoms. The summed E-state index contributed by atoms with van der Waals surface area (Å²) in [4.78, 5) is 6.29. The Balaban J connectivity index is 2.18. The lowest BCUT2D eigenvalue weighted by Crippen LogP contribution is -2.60. The van der Waals surface area contributed by atoms with Crippen molar-refractivity contribution in [3.63, 3.8) is 0 Å². The molecule has 0 unspecified atom stereocenters. The number of ether oxygens (including phenoxy) is 2. The molecule has 1 aromatic rings. The Hall–Kier alpha value is -1.01. The summed E-state index contributed by atoms with van der Waals surface area (Å²) in [6.45, 7) is 3.81. The number of hydrogen-bond donors (Lipinski definition) is 1. The molecule has 0 radical (unpaired) electrons. The maximum absolute atomic E-state index is 5.93. The minimum absolute atomic E-state index is 0.122. The molecule has 1 aromatic heterocycles. The molecule has 0 atom stereocenters. The van der Waals surface area contributed by atoms with Gasteiger partial charge in [-0.3, -0.25) is 0 Å². The Labute approximate surface area is 99.4 Å². The maximum Gasteiger partial charge on any atom is 0.270 e. The van der Waals surface area contributed by atoms with Crippen LogP contribution >= 0.6 is 11.3 Å². The van der Waals surface area contributed by atoms with E-state index in [1.165, 1.54) is 11.3 Å². The molecule has 2 rings (SSSR count). The Morgan fingerprint density at radius 3 is 2.56 bits per heavy atom. The van der Waals surface area contributed by atoms with Gasteiger partial charge in [0.25, 0.3) is 5.88 Å². The van der Waals surface area contributed by atoms with E-state index < -0.39 is 0 Å². The molecule has 1 aliphatic rings. The molecule has 0 bridgehead atoms. The van der Waals surface area contributed by atoms with Gasteiger partial charge < -0.3 is 19.7 Å². The lowest BCUT2D eigenvalue weighted by atomic mass is 10.0. The lowest BCUT2D eigenvalue weighted by molar-refractivity contribution is 0.0359. The van der Waals surface area contributed by atoms with E-state index >= 15 is 0 Å². The van der Waals surface area contributed by atoms with Crippen LogP contribution in [0.15, 0.2) is 0 Å². The van der Waals surface area contributed by atoms with E-state index in [-0.39, 0.29) is 5.60 Å². The van der Waals surface area contributed by atoms with E-state index in [0.717, 1.165) is 23.3 Å². The molecule has 0 aliphatic carbocycles. The van der Waals surface area contributed by atoms with Gasteiger partial charge in [0.05, 0.1) is 7.11 Å². The monoisotopic (exact) mass is 243 g/mol. The summed E-state index contributed by atoms with van der Waals surface area (Å²) in [6.07, 6.45) is 0. The Bertz CT molecular complexity index is 374. The Kier molecular flexibility index (Phi) is 2.94. The fourth-order valence-electron chi connectivity index (χ4n) is 1.44. The molecule has 5 nitrogen and oxygen atoms in total. The van der Waals surface area contributed by atoms with Crippen molar-refractivity contribution in [3.05, 3.63) is 0 Å². The lowest BCUT2D eigenvalue weighted by Gasteiger charge is -2.38. The standard InChI is InChI=1S/C10H17N3O2S/c1-10(5-11-6-10)15-8-7(14-4)12-9(16-8)13(2)3/h11H,5-6H2,1-4H3. The van der Waals surface area contributed by atoms with Gasteiger partial charge in [0.1, 0.15) is 5.60 Å². The highest BCUT2D eigenvalue weighted by atomic mass is 32.1. The van der Waals surface area contributed by atoms with E-state index in [1.54, 1.807) is 7.11 Å². The predicted molar refractivity (Wildman–Crippen MR) is 64.9 cm³/mol. The van der Waals surface area contributed by atoms with E-state index in [1.807, 2.05) is 19.0 Å². The van der Waals surface area contributed by atoms with Crippen molar-refractivity contribution in [1.29, 1.82) is 0 Å². The van der Waals surface area contributed by atoms with Crippen LogP contribution in [0.2, 0.25) is 0 Å². The topological polar surface area (TPSA) is 46.6 Å². The average molecular weight is 243 g/mol. The smallest absolute Gasteiger partial charge is 0.270 e. The Morgan fingerprint density at radius 2 is 2.12 bits per heavy atom. The van der Waals surface area contributed by atoms with Gasteiger partial charge in [0.2, 0.25) is 5.06 Å². The second-order valence-electron chi connectivity index (χ2n) is 4.34. The molecule has 0 saturated carbocycles. The van der Waals surface area contributed by atoms with Crippen LogP contribution in [0.4, 0.5) is 5.13 Å². The molecular weight excluding hydrogens is 226 g/mol. The number of aromatic nitrogens is 1. The minimum atomic E-state index is -0.122. The summed E-state index contributed by atoms with van der Waals surface area (Å²) < 4.78 is 11.2. The van der Waals surface area contributed by atoms with Gasteiger partial charge in [-0.25, -0.2) is 0 Å². The highest BCUT2D eigenvalue weighted by Crippen LogP contribution is 2.40. The minimum Gasteiger partial charge on any atom is -0.478 e. The molecule has 1 fully saturated rings. The first-order valence-electron chi connectivity index (χ1n) is 5.16. The average Bonchev–Trinajstić information content (AvgIpc) is 2.58. The number of rotatable bonds is 4. The number of anilines is 1. The largest absolute Gasteiger partial charge is 0.478 e. The van der Waals surface area contributed by atoms with Crippen molar-refractivity contribution in [2.24, 2.45) is 0 Å². The maximum atomic E-state index is 5.93. The van der Waals surface area contributed by atoms with Crippen molar-refractivity contribution in [1.82, 2.24) is 10.3 Å². The highest BCUT2D eigenvalue weighted by molar-refractivity contribution is 7.17. The summed E-state index contributed by atoms with van der Waals surface area (Å²) in [6, 6.07) is 0.